The molecule has 1 aromatic carbocycles. The molecule has 4 rings (SSSR count). The Balaban J connectivity index is 1.43. The normalized spacial score (nSPS) is 15.6. The average molecular weight is 376 g/mol. The van der Waals surface area contributed by atoms with Gasteiger partial charge in [-0.25, -0.2) is 9.67 Å². The Hall–Kier alpha value is -1.86. The lowest BCUT2D eigenvalue weighted by Gasteiger charge is -2.21. The second-order valence-electron chi connectivity index (χ2n) is 6.14. The summed E-state index contributed by atoms with van der Waals surface area (Å²) in [4.78, 5) is 4.54. The van der Waals surface area contributed by atoms with E-state index in [4.69, 9.17) is 16.0 Å². The third-order valence-electron chi connectivity index (χ3n) is 4.36. The van der Waals surface area contributed by atoms with E-state index in [1.807, 2.05) is 28.9 Å². The van der Waals surface area contributed by atoms with Gasteiger partial charge in [-0.05, 0) is 41.5 Å². The first-order valence-electron chi connectivity index (χ1n) is 8.40. The van der Waals surface area contributed by atoms with Crippen LogP contribution in [0.25, 0.3) is 11.5 Å². The molecular weight excluding hydrogens is 358 g/mol. The third-order valence-corrected chi connectivity index (χ3v) is 5.56. The van der Waals surface area contributed by atoms with Gasteiger partial charge in [-0.3, -0.25) is 0 Å². The Labute approximate surface area is 155 Å². The number of halogens is 1. The van der Waals surface area contributed by atoms with Crippen LogP contribution >= 0.6 is 23.4 Å². The maximum absolute atomic E-state index is 6.02. The van der Waals surface area contributed by atoms with Crippen LogP contribution in [-0.2, 0) is 5.75 Å². The number of aromatic nitrogens is 5. The number of benzene rings is 1. The minimum Gasteiger partial charge on any atom is -0.444 e. The minimum absolute atomic E-state index is 0.422. The van der Waals surface area contributed by atoms with Crippen LogP contribution < -0.4 is 0 Å². The second kappa shape index (κ2) is 7.58. The van der Waals surface area contributed by atoms with Gasteiger partial charge in [0.15, 0.2) is 0 Å². The Kier molecular flexibility index (Phi) is 5.03. The van der Waals surface area contributed by atoms with E-state index in [-0.39, 0.29) is 0 Å². The SMILES string of the molecule is Clc1cccc(-c2nc(CSc3nnnn3C3CCCCC3)co2)c1. The molecule has 25 heavy (non-hydrogen) atoms. The summed E-state index contributed by atoms with van der Waals surface area (Å²) in [6.07, 6.45) is 7.80. The smallest absolute Gasteiger partial charge is 0.226 e. The summed E-state index contributed by atoms with van der Waals surface area (Å²) in [5.41, 5.74) is 1.73. The number of thioether (sulfide) groups is 1. The minimum atomic E-state index is 0.422. The van der Waals surface area contributed by atoms with Crippen molar-refractivity contribution in [1.29, 1.82) is 0 Å². The van der Waals surface area contributed by atoms with Gasteiger partial charge in [0, 0.05) is 16.3 Å². The van der Waals surface area contributed by atoms with E-state index in [1.54, 1.807) is 18.0 Å². The van der Waals surface area contributed by atoms with Crippen molar-refractivity contribution in [3.63, 3.8) is 0 Å². The van der Waals surface area contributed by atoms with Crippen LogP contribution in [0.2, 0.25) is 5.02 Å². The Morgan fingerprint density at radius 1 is 1.24 bits per heavy atom. The summed E-state index contributed by atoms with van der Waals surface area (Å²) in [6.45, 7) is 0. The fourth-order valence-electron chi connectivity index (χ4n) is 3.10. The fraction of sp³-hybridized carbons (Fsp3) is 0.412. The highest BCUT2D eigenvalue weighted by molar-refractivity contribution is 7.98. The van der Waals surface area contributed by atoms with Crippen LogP contribution in [-0.4, -0.2) is 25.2 Å². The summed E-state index contributed by atoms with van der Waals surface area (Å²) in [5.74, 6) is 1.24. The van der Waals surface area contributed by atoms with E-state index in [9.17, 15) is 0 Å². The molecule has 0 saturated heterocycles. The van der Waals surface area contributed by atoms with Crippen LogP contribution in [0.15, 0.2) is 40.1 Å². The maximum Gasteiger partial charge on any atom is 0.226 e. The first kappa shape index (κ1) is 16.6. The van der Waals surface area contributed by atoms with Crippen molar-refractivity contribution in [2.24, 2.45) is 0 Å². The van der Waals surface area contributed by atoms with Crippen LogP contribution in [0, 0.1) is 0 Å². The summed E-state index contributed by atoms with van der Waals surface area (Å²) in [5, 5.41) is 13.7. The van der Waals surface area contributed by atoms with E-state index in [0.717, 1.165) is 29.3 Å². The van der Waals surface area contributed by atoms with Crippen molar-refractivity contribution < 1.29 is 4.42 Å². The Morgan fingerprint density at radius 3 is 2.96 bits per heavy atom. The Morgan fingerprint density at radius 2 is 2.12 bits per heavy atom. The first-order valence-corrected chi connectivity index (χ1v) is 9.77. The predicted octanol–water partition coefficient (Wildman–Crippen LogP) is 4.78. The van der Waals surface area contributed by atoms with Gasteiger partial charge < -0.3 is 4.42 Å². The molecular formula is C17H18ClN5OS. The average Bonchev–Trinajstić information content (AvgIpc) is 3.30. The molecule has 130 valence electrons. The highest BCUT2D eigenvalue weighted by atomic mass is 35.5. The van der Waals surface area contributed by atoms with Gasteiger partial charge >= 0.3 is 0 Å². The number of oxazole rings is 1. The van der Waals surface area contributed by atoms with E-state index in [0.29, 0.717) is 22.7 Å². The van der Waals surface area contributed by atoms with Gasteiger partial charge in [0.05, 0.1) is 11.7 Å². The van der Waals surface area contributed by atoms with E-state index >= 15 is 0 Å². The van der Waals surface area contributed by atoms with Gasteiger partial charge in [0.2, 0.25) is 11.0 Å². The maximum atomic E-state index is 6.02. The molecule has 0 bridgehead atoms. The molecule has 6 nitrogen and oxygen atoms in total. The van der Waals surface area contributed by atoms with Gasteiger partial charge in [0.25, 0.3) is 0 Å². The molecule has 2 heterocycles. The third kappa shape index (κ3) is 3.88. The number of hydrogen-bond acceptors (Lipinski definition) is 6. The summed E-state index contributed by atoms with van der Waals surface area (Å²) >= 11 is 7.61. The van der Waals surface area contributed by atoms with Crippen LogP contribution in [0.5, 0.6) is 0 Å². The molecule has 0 N–H and O–H groups in total. The fourth-order valence-corrected chi connectivity index (χ4v) is 4.11. The summed E-state index contributed by atoms with van der Waals surface area (Å²) in [7, 11) is 0. The van der Waals surface area contributed by atoms with Crippen molar-refractivity contribution in [2.75, 3.05) is 0 Å². The van der Waals surface area contributed by atoms with Crippen LogP contribution in [0.4, 0.5) is 0 Å². The molecule has 0 atom stereocenters. The lowest BCUT2D eigenvalue weighted by atomic mass is 9.96. The molecule has 1 aliphatic rings. The lowest BCUT2D eigenvalue weighted by Crippen LogP contribution is -2.15. The molecule has 0 spiro atoms. The quantitative estimate of drug-likeness (QED) is 0.598. The molecule has 0 unspecified atom stereocenters. The van der Waals surface area contributed by atoms with Crippen molar-refractivity contribution in [2.45, 2.75) is 49.1 Å². The highest BCUT2D eigenvalue weighted by Gasteiger charge is 2.20. The number of tetrazole rings is 1. The van der Waals surface area contributed by atoms with Crippen molar-refractivity contribution >= 4 is 23.4 Å². The number of hydrogen-bond donors (Lipinski definition) is 0. The van der Waals surface area contributed by atoms with Gasteiger partial charge in [0.1, 0.15) is 6.26 Å². The van der Waals surface area contributed by atoms with Crippen molar-refractivity contribution in [3.8, 4) is 11.5 Å². The van der Waals surface area contributed by atoms with Crippen molar-refractivity contribution in [3.05, 3.63) is 41.2 Å². The highest BCUT2D eigenvalue weighted by Crippen LogP contribution is 2.31. The monoisotopic (exact) mass is 375 g/mol. The molecule has 0 radical (unpaired) electrons. The van der Waals surface area contributed by atoms with Crippen molar-refractivity contribution in [1.82, 2.24) is 25.2 Å². The Bertz CT molecular complexity index is 843. The standard InChI is InChI=1S/C17H18ClN5OS/c18-13-6-4-5-12(9-13)16-19-14(10-24-16)11-25-17-20-21-22-23(17)15-7-2-1-3-8-15/h4-6,9-10,15H,1-3,7-8,11H2. The molecule has 1 aliphatic carbocycles. The molecule has 0 amide bonds. The zero-order valence-corrected chi connectivity index (χ0v) is 15.2. The number of nitrogens with zero attached hydrogens (tertiary/aromatic N) is 5. The van der Waals surface area contributed by atoms with Gasteiger partial charge in [-0.1, -0.05) is 48.7 Å². The van der Waals surface area contributed by atoms with E-state index in [1.165, 1.54) is 19.3 Å². The predicted molar refractivity (Wildman–Crippen MR) is 96.4 cm³/mol. The molecule has 3 aromatic rings. The van der Waals surface area contributed by atoms with E-state index in [2.05, 4.69) is 20.5 Å². The zero-order valence-electron chi connectivity index (χ0n) is 13.6. The summed E-state index contributed by atoms with van der Waals surface area (Å²) in [6, 6.07) is 7.90. The second-order valence-corrected chi connectivity index (χ2v) is 7.52. The van der Waals surface area contributed by atoms with Gasteiger partial charge in [-0.15, -0.1) is 5.10 Å². The first-order chi connectivity index (χ1) is 12.3. The molecule has 8 heteroatoms. The van der Waals surface area contributed by atoms with Crippen LogP contribution in [0.1, 0.15) is 43.8 Å². The zero-order chi connectivity index (χ0) is 17.1. The molecule has 0 aliphatic heterocycles. The van der Waals surface area contributed by atoms with Gasteiger partial charge in [-0.2, -0.15) is 0 Å². The number of rotatable bonds is 5. The molecule has 1 fully saturated rings. The van der Waals surface area contributed by atoms with Crippen LogP contribution in [0.3, 0.4) is 0 Å². The summed E-state index contributed by atoms with van der Waals surface area (Å²) < 4.78 is 7.55. The lowest BCUT2D eigenvalue weighted by molar-refractivity contribution is 0.307. The topological polar surface area (TPSA) is 69.6 Å². The molecule has 1 saturated carbocycles. The largest absolute Gasteiger partial charge is 0.444 e. The van der Waals surface area contributed by atoms with E-state index < -0.39 is 0 Å². The molecule has 2 aromatic heterocycles.